The molecule has 0 heterocycles. The van der Waals surface area contributed by atoms with Gasteiger partial charge in [-0.1, -0.05) is 58.3 Å². The summed E-state index contributed by atoms with van der Waals surface area (Å²) in [4.78, 5) is 0. The van der Waals surface area contributed by atoms with Crippen LogP contribution in [0, 0.1) is 0 Å². The number of unbranched alkanes of at least 4 members (excludes halogenated alkanes) is 8. The standard InChI is InChI=1S/C11H24IN/c1-2-3-4-5-6-7-8-9-10-11-13-12/h13H,2-11H2,1H3. The molecule has 0 fully saturated rings. The van der Waals surface area contributed by atoms with Crippen molar-refractivity contribution < 1.29 is 0 Å². The molecule has 13 heavy (non-hydrogen) atoms. The summed E-state index contributed by atoms with van der Waals surface area (Å²) in [5.74, 6) is 0. The molecule has 0 atom stereocenters. The van der Waals surface area contributed by atoms with E-state index in [1.807, 2.05) is 0 Å². The maximum atomic E-state index is 3.16. The molecule has 0 saturated carbocycles. The molecule has 0 aliphatic rings. The zero-order valence-corrected chi connectivity index (χ0v) is 11.1. The third-order valence-corrected chi connectivity index (χ3v) is 2.91. The predicted octanol–water partition coefficient (Wildman–Crippen LogP) is 4.46. The fourth-order valence-electron chi connectivity index (χ4n) is 1.50. The van der Waals surface area contributed by atoms with Crippen LogP contribution in [0.4, 0.5) is 0 Å². The molecular weight excluding hydrogens is 273 g/mol. The largest absolute Gasteiger partial charge is 0.261 e. The lowest BCUT2D eigenvalue weighted by Crippen LogP contribution is -1.98. The average molecular weight is 297 g/mol. The van der Waals surface area contributed by atoms with Crippen LogP contribution in [0.5, 0.6) is 0 Å². The first-order valence-electron chi connectivity index (χ1n) is 5.75. The van der Waals surface area contributed by atoms with E-state index in [4.69, 9.17) is 0 Å². The fraction of sp³-hybridized carbons (Fsp3) is 1.00. The number of rotatable bonds is 10. The van der Waals surface area contributed by atoms with Crippen molar-refractivity contribution in [3.8, 4) is 0 Å². The lowest BCUT2D eigenvalue weighted by atomic mass is 10.1. The molecule has 0 aliphatic heterocycles. The minimum atomic E-state index is 1.18. The second-order valence-corrected chi connectivity index (χ2v) is 4.47. The first-order valence-corrected chi connectivity index (χ1v) is 6.83. The first-order chi connectivity index (χ1) is 6.41. The minimum absolute atomic E-state index is 1.18. The molecule has 0 aliphatic carbocycles. The molecule has 0 amide bonds. The van der Waals surface area contributed by atoms with Crippen molar-refractivity contribution in [3.05, 3.63) is 0 Å². The highest BCUT2D eigenvalue weighted by atomic mass is 127. The lowest BCUT2D eigenvalue weighted by molar-refractivity contribution is 0.565. The highest BCUT2D eigenvalue weighted by Crippen LogP contribution is 2.09. The fourth-order valence-corrected chi connectivity index (χ4v) is 1.88. The Morgan fingerprint density at radius 1 is 0.769 bits per heavy atom. The zero-order chi connectivity index (χ0) is 9.78. The van der Waals surface area contributed by atoms with Crippen molar-refractivity contribution in [2.75, 3.05) is 6.54 Å². The van der Waals surface area contributed by atoms with Crippen molar-refractivity contribution >= 4 is 22.9 Å². The molecule has 0 bridgehead atoms. The van der Waals surface area contributed by atoms with Crippen LogP contribution < -0.4 is 3.53 Å². The van der Waals surface area contributed by atoms with Gasteiger partial charge in [-0.05, 0) is 6.42 Å². The maximum absolute atomic E-state index is 3.16. The lowest BCUT2D eigenvalue weighted by Gasteiger charge is -2.00. The summed E-state index contributed by atoms with van der Waals surface area (Å²) in [6.45, 7) is 3.45. The van der Waals surface area contributed by atoms with Crippen LogP contribution in [0.15, 0.2) is 0 Å². The van der Waals surface area contributed by atoms with E-state index in [0.717, 1.165) is 0 Å². The van der Waals surface area contributed by atoms with E-state index < -0.39 is 0 Å². The molecule has 0 radical (unpaired) electrons. The summed E-state index contributed by atoms with van der Waals surface area (Å²) in [5, 5.41) is 0. The molecule has 1 N–H and O–H groups in total. The SMILES string of the molecule is CCCCCCCCCCCNI. The maximum Gasteiger partial charge on any atom is 0.0169 e. The minimum Gasteiger partial charge on any atom is -0.261 e. The van der Waals surface area contributed by atoms with E-state index in [1.165, 1.54) is 64.3 Å². The van der Waals surface area contributed by atoms with Gasteiger partial charge in [0.15, 0.2) is 0 Å². The van der Waals surface area contributed by atoms with E-state index in [0.29, 0.717) is 0 Å². The highest BCUT2D eigenvalue weighted by molar-refractivity contribution is 14.1. The second kappa shape index (κ2) is 12.7. The summed E-state index contributed by atoms with van der Waals surface area (Å²) in [5.41, 5.74) is 0. The van der Waals surface area contributed by atoms with E-state index in [1.54, 1.807) is 0 Å². The third-order valence-electron chi connectivity index (χ3n) is 2.37. The highest BCUT2D eigenvalue weighted by Gasteiger charge is 1.90. The van der Waals surface area contributed by atoms with Gasteiger partial charge in [-0.15, -0.1) is 0 Å². The molecule has 80 valence electrons. The second-order valence-electron chi connectivity index (χ2n) is 3.71. The Bertz CT molecular complexity index is 76.2. The van der Waals surface area contributed by atoms with Gasteiger partial charge in [0.25, 0.3) is 0 Å². The number of nitrogens with one attached hydrogen (secondary N) is 1. The summed E-state index contributed by atoms with van der Waals surface area (Å²) in [6.07, 6.45) is 12.8. The molecule has 0 saturated heterocycles. The summed E-state index contributed by atoms with van der Waals surface area (Å²) < 4.78 is 3.16. The van der Waals surface area contributed by atoms with Crippen molar-refractivity contribution in [1.82, 2.24) is 3.53 Å². The Morgan fingerprint density at radius 3 is 1.69 bits per heavy atom. The number of hydrogen-bond donors (Lipinski definition) is 1. The molecule has 0 aromatic heterocycles. The van der Waals surface area contributed by atoms with Crippen LogP contribution >= 0.6 is 22.9 Å². The van der Waals surface area contributed by atoms with Gasteiger partial charge in [0.2, 0.25) is 0 Å². The summed E-state index contributed by atoms with van der Waals surface area (Å²) >= 11 is 2.22. The van der Waals surface area contributed by atoms with E-state index in [2.05, 4.69) is 33.3 Å². The third kappa shape index (κ3) is 12.7. The van der Waals surface area contributed by atoms with Gasteiger partial charge in [-0.3, -0.25) is 3.53 Å². The predicted molar refractivity (Wildman–Crippen MR) is 69.2 cm³/mol. The summed E-state index contributed by atoms with van der Waals surface area (Å²) in [6, 6.07) is 0. The Kier molecular flexibility index (Phi) is 13.4. The van der Waals surface area contributed by atoms with Gasteiger partial charge in [0.1, 0.15) is 0 Å². The van der Waals surface area contributed by atoms with E-state index in [9.17, 15) is 0 Å². The Labute approximate surface area is 97.6 Å². The molecule has 2 heteroatoms. The quantitative estimate of drug-likeness (QED) is 0.357. The van der Waals surface area contributed by atoms with Crippen LogP contribution in [0.25, 0.3) is 0 Å². The molecule has 1 nitrogen and oxygen atoms in total. The Balaban J connectivity index is 2.76. The summed E-state index contributed by atoms with van der Waals surface area (Å²) in [7, 11) is 0. The molecule has 0 aromatic rings. The van der Waals surface area contributed by atoms with Gasteiger partial charge in [0.05, 0.1) is 0 Å². The van der Waals surface area contributed by atoms with E-state index >= 15 is 0 Å². The molecule has 0 spiro atoms. The average Bonchev–Trinajstić information content (AvgIpc) is 2.16. The van der Waals surface area contributed by atoms with Gasteiger partial charge in [-0.2, -0.15) is 0 Å². The van der Waals surface area contributed by atoms with Crippen LogP contribution in [0.1, 0.15) is 64.7 Å². The van der Waals surface area contributed by atoms with Gasteiger partial charge in [-0.25, -0.2) is 0 Å². The number of halogens is 1. The van der Waals surface area contributed by atoms with Crippen LogP contribution in [0.3, 0.4) is 0 Å². The zero-order valence-electron chi connectivity index (χ0n) is 8.95. The van der Waals surface area contributed by atoms with Crippen molar-refractivity contribution in [1.29, 1.82) is 0 Å². The van der Waals surface area contributed by atoms with Crippen LogP contribution in [-0.4, -0.2) is 6.54 Å². The van der Waals surface area contributed by atoms with Crippen molar-refractivity contribution in [3.63, 3.8) is 0 Å². The molecular formula is C11H24IN. The van der Waals surface area contributed by atoms with Gasteiger partial charge < -0.3 is 0 Å². The monoisotopic (exact) mass is 297 g/mol. The first kappa shape index (κ1) is 13.7. The van der Waals surface area contributed by atoms with Crippen LogP contribution in [0.2, 0.25) is 0 Å². The number of hydrogen-bond acceptors (Lipinski definition) is 1. The van der Waals surface area contributed by atoms with E-state index in [-0.39, 0.29) is 0 Å². The molecule has 0 rings (SSSR count). The molecule has 0 aromatic carbocycles. The normalized spacial score (nSPS) is 10.6. The topological polar surface area (TPSA) is 12.0 Å². The Morgan fingerprint density at radius 2 is 1.23 bits per heavy atom. The van der Waals surface area contributed by atoms with Gasteiger partial charge >= 0.3 is 0 Å². The smallest absolute Gasteiger partial charge is 0.0169 e. The molecule has 0 unspecified atom stereocenters. The van der Waals surface area contributed by atoms with Crippen molar-refractivity contribution in [2.45, 2.75) is 64.7 Å². The van der Waals surface area contributed by atoms with Crippen molar-refractivity contribution in [2.24, 2.45) is 0 Å². The van der Waals surface area contributed by atoms with Gasteiger partial charge in [0, 0.05) is 29.4 Å². The Hall–Kier alpha value is 0.690. The van der Waals surface area contributed by atoms with Crippen LogP contribution in [-0.2, 0) is 0 Å².